The van der Waals surface area contributed by atoms with Crippen LogP contribution in [0.2, 0.25) is 0 Å². The Morgan fingerprint density at radius 2 is 2.14 bits per heavy atom. The van der Waals surface area contributed by atoms with Crippen molar-refractivity contribution >= 4 is 11.6 Å². The molecular weight excluding hydrogens is 269 g/mol. The molecule has 0 radical (unpaired) electrons. The lowest BCUT2D eigenvalue weighted by molar-refractivity contribution is -0.122. The van der Waals surface area contributed by atoms with Gasteiger partial charge in [0.2, 0.25) is 5.91 Å². The van der Waals surface area contributed by atoms with Crippen LogP contribution < -0.4 is 15.5 Å². The fourth-order valence-corrected chi connectivity index (χ4v) is 2.45. The van der Waals surface area contributed by atoms with Gasteiger partial charge in [0.25, 0.3) is 0 Å². The standard InChI is InChI=1S/C16H24FN3O/c1-11-15(21)18-7-8-20(11)14-6-5-13(17)9-12(14)10-19-16(2,3)4/h5-6,9,11,19H,7-8,10H2,1-4H3,(H,18,21). The molecule has 1 heterocycles. The van der Waals surface area contributed by atoms with Crippen LogP contribution in [0.5, 0.6) is 0 Å². The van der Waals surface area contributed by atoms with Crippen molar-refractivity contribution in [3.05, 3.63) is 29.6 Å². The third-order valence-corrected chi connectivity index (χ3v) is 3.66. The van der Waals surface area contributed by atoms with Crippen molar-refractivity contribution in [3.63, 3.8) is 0 Å². The van der Waals surface area contributed by atoms with Crippen LogP contribution in [-0.4, -0.2) is 30.6 Å². The average molecular weight is 293 g/mol. The summed E-state index contributed by atoms with van der Waals surface area (Å²) in [6.45, 7) is 10.0. The second kappa shape index (κ2) is 6.02. The molecule has 1 amide bonds. The molecule has 2 N–H and O–H groups in total. The van der Waals surface area contributed by atoms with Crippen molar-refractivity contribution in [2.45, 2.75) is 45.8 Å². The minimum atomic E-state index is -0.251. The van der Waals surface area contributed by atoms with Gasteiger partial charge in [0.1, 0.15) is 11.9 Å². The van der Waals surface area contributed by atoms with E-state index in [1.807, 2.05) is 11.8 Å². The van der Waals surface area contributed by atoms with Crippen molar-refractivity contribution in [2.75, 3.05) is 18.0 Å². The fourth-order valence-electron chi connectivity index (χ4n) is 2.45. The highest BCUT2D eigenvalue weighted by molar-refractivity contribution is 5.86. The SMILES string of the molecule is CC1C(=O)NCCN1c1ccc(F)cc1CNC(C)(C)C. The summed E-state index contributed by atoms with van der Waals surface area (Å²) in [7, 11) is 0. The van der Waals surface area contributed by atoms with Crippen LogP contribution in [0.1, 0.15) is 33.3 Å². The number of nitrogens with one attached hydrogen (secondary N) is 2. The molecule has 5 heteroatoms. The number of carbonyl (C=O) groups is 1. The van der Waals surface area contributed by atoms with Crippen LogP contribution in [-0.2, 0) is 11.3 Å². The minimum Gasteiger partial charge on any atom is -0.358 e. The molecule has 0 aliphatic carbocycles. The van der Waals surface area contributed by atoms with Gasteiger partial charge in [0.15, 0.2) is 0 Å². The normalized spacial score (nSPS) is 19.6. The lowest BCUT2D eigenvalue weighted by atomic mass is 10.1. The van der Waals surface area contributed by atoms with Crippen molar-refractivity contribution in [1.82, 2.24) is 10.6 Å². The van der Waals surface area contributed by atoms with E-state index in [1.165, 1.54) is 6.07 Å². The fraction of sp³-hybridized carbons (Fsp3) is 0.562. The van der Waals surface area contributed by atoms with Crippen LogP contribution in [0.4, 0.5) is 10.1 Å². The molecule has 1 aromatic rings. The first-order chi connectivity index (χ1) is 9.78. The van der Waals surface area contributed by atoms with Gasteiger partial charge in [-0.2, -0.15) is 0 Å². The number of piperazine rings is 1. The van der Waals surface area contributed by atoms with E-state index < -0.39 is 0 Å². The Hall–Kier alpha value is -1.62. The Balaban J connectivity index is 2.27. The van der Waals surface area contributed by atoms with Gasteiger partial charge in [-0.05, 0) is 51.5 Å². The van der Waals surface area contributed by atoms with E-state index in [1.54, 1.807) is 12.1 Å². The van der Waals surface area contributed by atoms with Crippen LogP contribution in [0, 0.1) is 5.82 Å². The van der Waals surface area contributed by atoms with E-state index in [-0.39, 0.29) is 23.3 Å². The largest absolute Gasteiger partial charge is 0.358 e. The number of rotatable bonds is 3. The zero-order chi connectivity index (χ0) is 15.6. The number of anilines is 1. The summed E-state index contributed by atoms with van der Waals surface area (Å²) in [6.07, 6.45) is 0. The molecule has 2 rings (SSSR count). The van der Waals surface area contributed by atoms with Crippen molar-refractivity contribution in [3.8, 4) is 0 Å². The second-order valence-electron chi connectivity index (χ2n) is 6.54. The summed E-state index contributed by atoms with van der Waals surface area (Å²) in [5, 5.41) is 6.23. The molecule has 21 heavy (non-hydrogen) atoms. The zero-order valence-corrected chi connectivity index (χ0v) is 13.2. The molecule has 1 aliphatic rings. The molecule has 1 aliphatic heterocycles. The van der Waals surface area contributed by atoms with Crippen LogP contribution in [0.15, 0.2) is 18.2 Å². The zero-order valence-electron chi connectivity index (χ0n) is 13.2. The third kappa shape index (κ3) is 3.94. The summed E-state index contributed by atoms with van der Waals surface area (Å²) >= 11 is 0. The summed E-state index contributed by atoms with van der Waals surface area (Å²) in [5.74, 6) is -0.237. The number of nitrogens with zero attached hydrogens (tertiary/aromatic N) is 1. The van der Waals surface area contributed by atoms with Gasteiger partial charge in [-0.1, -0.05) is 0 Å². The number of hydrogen-bond acceptors (Lipinski definition) is 3. The first kappa shape index (κ1) is 15.8. The molecule has 1 saturated heterocycles. The smallest absolute Gasteiger partial charge is 0.242 e. The molecule has 0 aromatic heterocycles. The van der Waals surface area contributed by atoms with Gasteiger partial charge in [-0.15, -0.1) is 0 Å². The number of hydrogen-bond donors (Lipinski definition) is 2. The van der Waals surface area contributed by atoms with Crippen molar-refractivity contribution in [2.24, 2.45) is 0 Å². The molecule has 4 nitrogen and oxygen atoms in total. The number of benzene rings is 1. The number of carbonyl (C=O) groups excluding carboxylic acids is 1. The molecule has 0 saturated carbocycles. The highest BCUT2D eigenvalue weighted by atomic mass is 19.1. The Kier molecular flexibility index (Phi) is 4.52. The Bertz CT molecular complexity index is 525. The maximum absolute atomic E-state index is 13.6. The molecular formula is C16H24FN3O. The predicted octanol–water partition coefficient (Wildman–Crippen LogP) is 2.04. The van der Waals surface area contributed by atoms with Crippen molar-refractivity contribution in [1.29, 1.82) is 0 Å². The monoisotopic (exact) mass is 293 g/mol. The summed E-state index contributed by atoms with van der Waals surface area (Å²) in [5.41, 5.74) is 1.76. The highest BCUT2D eigenvalue weighted by Gasteiger charge is 2.27. The minimum absolute atomic E-state index is 0.0142. The van der Waals surface area contributed by atoms with E-state index in [2.05, 4.69) is 31.4 Å². The Morgan fingerprint density at radius 3 is 2.81 bits per heavy atom. The van der Waals surface area contributed by atoms with E-state index in [4.69, 9.17) is 0 Å². The Morgan fingerprint density at radius 1 is 1.43 bits per heavy atom. The van der Waals surface area contributed by atoms with Crippen LogP contribution in [0.3, 0.4) is 0 Å². The van der Waals surface area contributed by atoms with Gasteiger partial charge in [-0.25, -0.2) is 4.39 Å². The van der Waals surface area contributed by atoms with Crippen LogP contribution >= 0.6 is 0 Å². The first-order valence-electron chi connectivity index (χ1n) is 7.36. The highest BCUT2D eigenvalue weighted by Crippen LogP contribution is 2.25. The molecule has 1 fully saturated rings. The van der Waals surface area contributed by atoms with Crippen LogP contribution in [0.25, 0.3) is 0 Å². The van der Waals surface area contributed by atoms with Gasteiger partial charge in [0.05, 0.1) is 0 Å². The first-order valence-corrected chi connectivity index (χ1v) is 7.36. The summed E-state index contributed by atoms with van der Waals surface area (Å²) in [4.78, 5) is 13.9. The number of amides is 1. The molecule has 1 aromatic carbocycles. The maximum atomic E-state index is 13.6. The molecule has 1 unspecified atom stereocenters. The molecule has 116 valence electrons. The molecule has 1 atom stereocenters. The third-order valence-electron chi connectivity index (χ3n) is 3.66. The van der Waals surface area contributed by atoms with E-state index in [0.717, 1.165) is 17.8 Å². The van der Waals surface area contributed by atoms with Gasteiger partial charge < -0.3 is 15.5 Å². The van der Waals surface area contributed by atoms with E-state index >= 15 is 0 Å². The molecule has 0 spiro atoms. The van der Waals surface area contributed by atoms with Gasteiger partial charge in [0, 0.05) is 30.9 Å². The predicted molar refractivity (Wildman–Crippen MR) is 82.8 cm³/mol. The van der Waals surface area contributed by atoms with E-state index in [9.17, 15) is 9.18 Å². The molecule has 0 bridgehead atoms. The van der Waals surface area contributed by atoms with Crippen molar-refractivity contribution < 1.29 is 9.18 Å². The summed E-state index contributed by atoms with van der Waals surface area (Å²) < 4.78 is 13.6. The summed E-state index contributed by atoms with van der Waals surface area (Å²) in [6, 6.07) is 4.53. The van der Waals surface area contributed by atoms with E-state index in [0.29, 0.717) is 13.1 Å². The lowest BCUT2D eigenvalue weighted by Crippen LogP contribution is -2.54. The lowest BCUT2D eigenvalue weighted by Gasteiger charge is -2.36. The topological polar surface area (TPSA) is 44.4 Å². The second-order valence-corrected chi connectivity index (χ2v) is 6.54. The maximum Gasteiger partial charge on any atom is 0.242 e. The quantitative estimate of drug-likeness (QED) is 0.896. The Labute approximate surface area is 125 Å². The average Bonchev–Trinajstić information content (AvgIpc) is 2.39. The van der Waals surface area contributed by atoms with Gasteiger partial charge >= 0.3 is 0 Å². The van der Waals surface area contributed by atoms with Gasteiger partial charge in [-0.3, -0.25) is 4.79 Å². The number of halogens is 1.